The minimum absolute atomic E-state index is 0.0949. The Morgan fingerprint density at radius 2 is 1.77 bits per heavy atom. The smallest absolute Gasteiger partial charge is 0.435 e. The second-order valence-corrected chi connectivity index (χ2v) is 7.68. The summed E-state index contributed by atoms with van der Waals surface area (Å²) in [4.78, 5) is 66.7. The summed E-state index contributed by atoms with van der Waals surface area (Å²) in [7, 11) is -4.70. The summed E-state index contributed by atoms with van der Waals surface area (Å²) in [6, 6.07) is 2.30. The number of Topliss-reactive ketones (excluding diaryl/α,β-unsaturated/α-hetero) is 1. The van der Waals surface area contributed by atoms with Crippen LogP contribution in [-0.4, -0.2) is 63.6 Å². The number of benzene rings is 1. The van der Waals surface area contributed by atoms with Gasteiger partial charge in [0.05, 0.1) is 6.54 Å². The second kappa shape index (κ2) is 9.03. The number of ketones is 1. The molecule has 14 heteroatoms. The highest BCUT2D eigenvalue weighted by Crippen LogP contribution is 2.49. The van der Waals surface area contributed by atoms with Gasteiger partial charge in [-0.25, -0.2) is 14.0 Å². The number of nitrogens with zero attached hydrogens (tertiary/aromatic N) is 1. The maximum absolute atomic E-state index is 12.3. The average Bonchev–Trinajstić information content (AvgIpc) is 2.62. The molecule has 30 heavy (non-hydrogen) atoms. The van der Waals surface area contributed by atoms with Crippen molar-refractivity contribution in [3.8, 4) is 11.5 Å². The molecule has 2 atom stereocenters. The molecule has 1 aliphatic heterocycles. The zero-order chi connectivity index (χ0) is 22.6. The number of amides is 2. The van der Waals surface area contributed by atoms with E-state index in [0.29, 0.717) is 4.67 Å². The Labute approximate surface area is 169 Å². The molecular weight excluding hydrogens is 427 g/mol. The molecule has 1 aromatic rings. The lowest BCUT2D eigenvalue weighted by Crippen LogP contribution is -2.62. The van der Waals surface area contributed by atoms with E-state index >= 15 is 0 Å². The first-order valence-corrected chi connectivity index (χ1v) is 9.76. The number of carbonyl (C=O) groups is 5. The Morgan fingerprint density at radius 1 is 1.17 bits per heavy atom. The van der Waals surface area contributed by atoms with Crippen LogP contribution in [0, 0.1) is 0 Å². The van der Waals surface area contributed by atoms with Crippen LogP contribution in [0.2, 0.25) is 0 Å². The van der Waals surface area contributed by atoms with Gasteiger partial charge in [0.2, 0.25) is 0 Å². The molecule has 1 unspecified atom stereocenters. The Bertz CT molecular complexity index is 961. The van der Waals surface area contributed by atoms with Crippen molar-refractivity contribution in [3.63, 3.8) is 0 Å². The SMILES string of the molecule is CC(=O)Oc1ccc(C(=O)COP(=O)(O)N2C[C@H](NC(=O)O)C2=O)cc1OC(C)=O. The molecule has 2 amide bonds. The van der Waals surface area contributed by atoms with Crippen LogP contribution >= 0.6 is 7.75 Å². The van der Waals surface area contributed by atoms with Gasteiger partial charge in [-0.15, -0.1) is 0 Å². The third-order valence-corrected chi connectivity index (χ3v) is 5.08. The van der Waals surface area contributed by atoms with E-state index in [4.69, 9.17) is 14.6 Å². The molecule has 0 saturated carbocycles. The number of esters is 2. The number of hydrogen-bond donors (Lipinski definition) is 3. The fourth-order valence-corrected chi connectivity index (χ4v) is 3.53. The molecule has 13 nitrogen and oxygen atoms in total. The van der Waals surface area contributed by atoms with Gasteiger partial charge in [-0.05, 0) is 18.2 Å². The van der Waals surface area contributed by atoms with Crippen LogP contribution in [0.4, 0.5) is 4.79 Å². The van der Waals surface area contributed by atoms with Crippen molar-refractivity contribution >= 4 is 37.5 Å². The standard InChI is InChI=1S/C16H17N2O11P/c1-8(19)28-13-4-3-10(5-14(13)29-9(2)20)12(21)7-27-30(25,26)18-6-11(15(18)22)17-16(23)24/h3-5,11,17H,6-7H2,1-2H3,(H,23,24)(H,25,26)/t11-/m0/s1. The highest BCUT2D eigenvalue weighted by Gasteiger charge is 2.48. The summed E-state index contributed by atoms with van der Waals surface area (Å²) in [5.41, 5.74) is -0.0949. The summed E-state index contributed by atoms with van der Waals surface area (Å²) >= 11 is 0. The molecule has 162 valence electrons. The van der Waals surface area contributed by atoms with E-state index in [1.165, 1.54) is 12.1 Å². The number of carboxylic acid groups (broad SMARTS) is 1. The first kappa shape index (κ1) is 23.0. The van der Waals surface area contributed by atoms with Gasteiger partial charge in [0.15, 0.2) is 17.3 Å². The van der Waals surface area contributed by atoms with Crippen molar-refractivity contribution in [3.05, 3.63) is 23.8 Å². The minimum atomic E-state index is -4.70. The summed E-state index contributed by atoms with van der Waals surface area (Å²) < 4.78 is 27.0. The Balaban J connectivity index is 2.06. The van der Waals surface area contributed by atoms with E-state index in [2.05, 4.69) is 4.52 Å². The fraction of sp³-hybridized carbons (Fsp3) is 0.312. The number of nitrogens with one attached hydrogen (secondary N) is 1. The molecule has 1 heterocycles. The number of hydrogen-bond acceptors (Lipinski definition) is 9. The molecule has 1 aliphatic rings. The summed E-state index contributed by atoms with van der Waals surface area (Å²) in [5, 5.41) is 10.4. The molecule has 3 N–H and O–H groups in total. The molecular formula is C16H17N2O11P. The lowest BCUT2D eigenvalue weighted by Gasteiger charge is -2.38. The van der Waals surface area contributed by atoms with Crippen LogP contribution in [0.3, 0.4) is 0 Å². The maximum atomic E-state index is 12.3. The topological polar surface area (TPSA) is 186 Å². The second-order valence-electron chi connectivity index (χ2n) is 5.96. The molecule has 0 aromatic heterocycles. The maximum Gasteiger partial charge on any atom is 0.435 e. The van der Waals surface area contributed by atoms with E-state index in [0.717, 1.165) is 19.9 Å². The zero-order valence-electron chi connectivity index (χ0n) is 15.7. The van der Waals surface area contributed by atoms with Crippen LogP contribution in [-0.2, 0) is 23.5 Å². The summed E-state index contributed by atoms with van der Waals surface area (Å²) in [6.07, 6.45) is -1.47. The Morgan fingerprint density at radius 3 is 2.30 bits per heavy atom. The highest BCUT2D eigenvalue weighted by molar-refractivity contribution is 7.51. The molecule has 0 bridgehead atoms. The van der Waals surface area contributed by atoms with E-state index in [1.807, 2.05) is 5.32 Å². The Hall–Kier alpha value is -3.28. The van der Waals surface area contributed by atoms with Gasteiger partial charge in [0, 0.05) is 19.4 Å². The van der Waals surface area contributed by atoms with Gasteiger partial charge in [-0.3, -0.25) is 23.7 Å². The van der Waals surface area contributed by atoms with E-state index in [9.17, 15) is 33.4 Å². The van der Waals surface area contributed by atoms with Gasteiger partial charge < -0.3 is 24.8 Å². The van der Waals surface area contributed by atoms with Gasteiger partial charge in [0.25, 0.3) is 5.91 Å². The molecule has 1 fully saturated rings. The van der Waals surface area contributed by atoms with Gasteiger partial charge >= 0.3 is 25.8 Å². The third kappa shape index (κ3) is 5.63. The Kier molecular flexibility index (Phi) is 6.92. The first-order chi connectivity index (χ1) is 13.9. The fourth-order valence-electron chi connectivity index (χ4n) is 2.34. The van der Waals surface area contributed by atoms with Crippen LogP contribution in [0.1, 0.15) is 24.2 Å². The van der Waals surface area contributed by atoms with Crippen LogP contribution in [0.5, 0.6) is 11.5 Å². The van der Waals surface area contributed by atoms with Crippen molar-refractivity contribution < 1.29 is 52.5 Å². The average molecular weight is 444 g/mol. The molecule has 0 spiro atoms. The monoisotopic (exact) mass is 444 g/mol. The van der Waals surface area contributed by atoms with Gasteiger partial charge in [-0.1, -0.05) is 0 Å². The van der Waals surface area contributed by atoms with E-state index in [-0.39, 0.29) is 17.1 Å². The predicted molar refractivity (Wildman–Crippen MR) is 95.8 cm³/mol. The number of β-lactam (4-membered cyclic amide) rings is 1. The quantitative estimate of drug-likeness (QED) is 0.165. The molecule has 1 saturated heterocycles. The minimum Gasteiger partial charge on any atom is -0.465 e. The summed E-state index contributed by atoms with van der Waals surface area (Å²) in [6.45, 7) is 0.895. The predicted octanol–water partition coefficient (Wildman–Crippen LogP) is 0.315. The van der Waals surface area contributed by atoms with Gasteiger partial charge in [-0.2, -0.15) is 0 Å². The molecule has 0 radical (unpaired) electrons. The molecule has 1 aromatic carbocycles. The van der Waals surface area contributed by atoms with Crippen molar-refractivity contribution in [1.29, 1.82) is 0 Å². The molecule has 0 aliphatic carbocycles. The zero-order valence-corrected chi connectivity index (χ0v) is 16.6. The van der Waals surface area contributed by atoms with E-state index in [1.54, 1.807) is 0 Å². The van der Waals surface area contributed by atoms with Crippen molar-refractivity contribution in [1.82, 2.24) is 9.99 Å². The van der Waals surface area contributed by atoms with E-state index < -0.39 is 56.7 Å². The van der Waals surface area contributed by atoms with Crippen LogP contribution < -0.4 is 14.8 Å². The lowest BCUT2D eigenvalue weighted by atomic mass is 10.1. The third-order valence-electron chi connectivity index (χ3n) is 3.65. The largest absolute Gasteiger partial charge is 0.465 e. The van der Waals surface area contributed by atoms with Crippen LogP contribution in [0.15, 0.2) is 18.2 Å². The first-order valence-electron chi connectivity index (χ1n) is 8.23. The highest BCUT2D eigenvalue weighted by atomic mass is 31.2. The number of ether oxygens (including phenoxy) is 2. The lowest BCUT2D eigenvalue weighted by molar-refractivity contribution is -0.138. The van der Waals surface area contributed by atoms with Crippen molar-refractivity contribution in [2.24, 2.45) is 0 Å². The number of rotatable bonds is 8. The molecule has 2 rings (SSSR count). The summed E-state index contributed by atoms with van der Waals surface area (Å²) in [5.74, 6) is -3.56. The van der Waals surface area contributed by atoms with Crippen LogP contribution in [0.25, 0.3) is 0 Å². The number of carbonyl (C=O) groups excluding carboxylic acids is 4. The van der Waals surface area contributed by atoms with Crippen molar-refractivity contribution in [2.75, 3.05) is 13.2 Å². The normalized spacial score (nSPS) is 17.4. The van der Waals surface area contributed by atoms with Gasteiger partial charge in [0.1, 0.15) is 12.6 Å². The van der Waals surface area contributed by atoms with Crippen molar-refractivity contribution in [2.45, 2.75) is 19.9 Å².